The number of nitrogens with zero attached hydrogens (tertiary/aromatic N) is 4. The molecule has 0 fully saturated rings. The molecule has 0 saturated carbocycles. The Morgan fingerprint density at radius 2 is 1.30 bits per heavy atom. The zero-order valence-corrected chi connectivity index (χ0v) is 18.5. The third-order valence-corrected chi connectivity index (χ3v) is 4.51. The van der Waals surface area contributed by atoms with Gasteiger partial charge in [0.15, 0.2) is 0 Å². The lowest BCUT2D eigenvalue weighted by Crippen LogP contribution is -2.18. The number of nitriles is 2. The highest BCUT2D eigenvalue weighted by molar-refractivity contribution is 6.00. The maximum Gasteiger partial charge on any atom is 0.255 e. The van der Waals surface area contributed by atoms with Crippen LogP contribution in [0.25, 0.3) is 0 Å². The summed E-state index contributed by atoms with van der Waals surface area (Å²) in [5.74, 6) is -0.0424. The molecule has 0 aromatic heterocycles. The Kier molecular flexibility index (Phi) is 9.26. The van der Waals surface area contributed by atoms with Crippen LogP contribution in [-0.2, 0) is 13.1 Å². The predicted octanol–water partition coefficient (Wildman–Crippen LogP) is 4.34. The van der Waals surface area contributed by atoms with Crippen LogP contribution >= 0.6 is 0 Å². The van der Waals surface area contributed by atoms with Gasteiger partial charge in [-0.05, 0) is 23.8 Å². The molecule has 30 heavy (non-hydrogen) atoms. The van der Waals surface area contributed by atoms with E-state index in [9.17, 15) is 9.59 Å². The van der Waals surface area contributed by atoms with Crippen molar-refractivity contribution >= 4 is 11.8 Å². The first-order chi connectivity index (χ1) is 14.5. The summed E-state index contributed by atoms with van der Waals surface area (Å²) in [7, 11) is 3.48. The molecule has 2 heterocycles. The number of hydrogen-bond acceptors (Lipinski definition) is 4. The van der Waals surface area contributed by atoms with Gasteiger partial charge in [0, 0.05) is 38.3 Å². The molecule has 4 rings (SSSR count). The highest BCUT2D eigenvalue weighted by Crippen LogP contribution is 2.24. The van der Waals surface area contributed by atoms with Crippen LogP contribution in [0.4, 0.5) is 0 Å². The summed E-state index contributed by atoms with van der Waals surface area (Å²) < 4.78 is 0. The highest BCUT2D eigenvalue weighted by Gasteiger charge is 2.27. The van der Waals surface area contributed by atoms with Gasteiger partial charge in [0.2, 0.25) is 0 Å². The number of carbonyl (C=O) groups excluding carboxylic acids is 2. The Balaban J connectivity index is 0.000000258. The fourth-order valence-electron chi connectivity index (χ4n) is 3.17. The molecule has 0 unspecified atom stereocenters. The number of carbonyl (C=O) groups is 2. The minimum absolute atomic E-state index is 0.00657. The smallest absolute Gasteiger partial charge is 0.255 e. The van der Waals surface area contributed by atoms with Crippen molar-refractivity contribution in [3.8, 4) is 12.1 Å². The average Bonchev–Trinajstić information content (AvgIpc) is 3.26. The molecular weight excluding hydrogens is 376 g/mol. The van der Waals surface area contributed by atoms with Gasteiger partial charge < -0.3 is 9.80 Å². The van der Waals surface area contributed by atoms with Crippen molar-refractivity contribution in [1.82, 2.24) is 9.80 Å². The largest absolute Gasteiger partial charge is 0.337 e. The SMILES string of the molecule is CC.CC.CN1Cc2c(C#N)cccc2C1=O.CN1Cc2cccc(C#N)c2C1=O. The Hall–Kier alpha value is -3.64. The fourth-order valence-corrected chi connectivity index (χ4v) is 3.17. The van der Waals surface area contributed by atoms with Gasteiger partial charge >= 0.3 is 0 Å². The third-order valence-electron chi connectivity index (χ3n) is 4.51. The lowest BCUT2D eigenvalue weighted by Gasteiger charge is -2.04. The monoisotopic (exact) mass is 404 g/mol. The molecule has 2 aliphatic rings. The van der Waals surface area contributed by atoms with Crippen molar-refractivity contribution < 1.29 is 9.59 Å². The Bertz CT molecular complexity index is 999. The molecule has 6 nitrogen and oxygen atoms in total. The van der Waals surface area contributed by atoms with E-state index in [4.69, 9.17) is 10.5 Å². The standard InChI is InChI=1S/2C10H8N2O.2C2H6/c1-12-6-9-7(5-11)3-2-4-8(9)10(12)13;1-12-6-8-4-2-3-7(5-11)9(8)10(12)13;2*1-2/h2*2-4H,6H2,1H3;2*1-2H3. The van der Waals surface area contributed by atoms with Gasteiger partial charge in [-0.15, -0.1) is 0 Å². The summed E-state index contributed by atoms with van der Waals surface area (Å²) in [5, 5.41) is 17.6. The van der Waals surface area contributed by atoms with Crippen LogP contribution in [0.3, 0.4) is 0 Å². The number of fused-ring (bicyclic) bond motifs is 2. The zero-order chi connectivity index (χ0) is 22.8. The first kappa shape index (κ1) is 24.4. The molecular formula is C24H28N4O2. The number of amides is 2. The number of rotatable bonds is 0. The van der Waals surface area contributed by atoms with E-state index in [1.165, 1.54) is 0 Å². The second kappa shape index (κ2) is 11.4. The molecule has 0 bridgehead atoms. The maximum atomic E-state index is 11.6. The van der Waals surface area contributed by atoms with Crippen molar-refractivity contribution in [1.29, 1.82) is 10.5 Å². The molecule has 2 amide bonds. The van der Waals surface area contributed by atoms with Crippen LogP contribution in [0.1, 0.15) is 70.7 Å². The molecule has 2 aliphatic heterocycles. The average molecular weight is 405 g/mol. The second-order valence-electron chi connectivity index (χ2n) is 6.22. The van der Waals surface area contributed by atoms with Gasteiger partial charge in [0.05, 0.1) is 28.8 Å². The summed E-state index contributed by atoms with van der Waals surface area (Å²) in [6.07, 6.45) is 0. The van der Waals surface area contributed by atoms with Crippen LogP contribution in [0.2, 0.25) is 0 Å². The summed E-state index contributed by atoms with van der Waals surface area (Å²) in [6.45, 7) is 9.17. The summed E-state index contributed by atoms with van der Waals surface area (Å²) in [6, 6.07) is 14.7. The van der Waals surface area contributed by atoms with Gasteiger partial charge in [-0.3, -0.25) is 9.59 Å². The number of hydrogen-bond donors (Lipinski definition) is 0. The fraction of sp³-hybridized carbons (Fsp3) is 0.333. The Morgan fingerprint density at radius 3 is 1.90 bits per heavy atom. The van der Waals surface area contributed by atoms with Crippen LogP contribution in [-0.4, -0.2) is 35.7 Å². The van der Waals surface area contributed by atoms with Crippen molar-refractivity contribution in [2.45, 2.75) is 40.8 Å². The molecule has 0 saturated heterocycles. The first-order valence-corrected chi connectivity index (χ1v) is 10.0. The van der Waals surface area contributed by atoms with E-state index in [1.54, 1.807) is 48.2 Å². The number of benzene rings is 2. The summed E-state index contributed by atoms with van der Waals surface area (Å²) in [5.41, 5.74) is 4.14. The molecule has 0 N–H and O–H groups in total. The van der Waals surface area contributed by atoms with Gasteiger partial charge in [-0.25, -0.2) is 0 Å². The minimum Gasteiger partial charge on any atom is -0.337 e. The normalized spacial score (nSPS) is 12.7. The maximum absolute atomic E-state index is 11.6. The van der Waals surface area contributed by atoms with Crippen molar-refractivity contribution in [2.75, 3.05) is 14.1 Å². The minimum atomic E-state index is -0.0489. The molecule has 6 heteroatoms. The summed E-state index contributed by atoms with van der Waals surface area (Å²) in [4.78, 5) is 26.3. The van der Waals surface area contributed by atoms with E-state index in [2.05, 4.69) is 6.07 Å². The molecule has 2 aromatic carbocycles. The highest BCUT2D eigenvalue weighted by atomic mass is 16.2. The van der Waals surface area contributed by atoms with E-state index >= 15 is 0 Å². The second-order valence-corrected chi connectivity index (χ2v) is 6.22. The van der Waals surface area contributed by atoms with Gasteiger partial charge in [0.25, 0.3) is 11.8 Å². The van der Waals surface area contributed by atoms with Gasteiger partial charge in [-0.1, -0.05) is 45.9 Å². The molecule has 0 radical (unpaired) electrons. The third kappa shape index (κ3) is 4.85. The van der Waals surface area contributed by atoms with E-state index < -0.39 is 0 Å². The molecule has 2 aromatic rings. The Morgan fingerprint density at radius 1 is 0.767 bits per heavy atom. The van der Waals surface area contributed by atoms with Crippen molar-refractivity contribution in [3.05, 3.63) is 69.8 Å². The zero-order valence-electron chi connectivity index (χ0n) is 18.5. The van der Waals surface area contributed by atoms with E-state index in [-0.39, 0.29) is 11.8 Å². The first-order valence-electron chi connectivity index (χ1n) is 10.0. The van der Waals surface area contributed by atoms with Crippen LogP contribution in [0, 0.1) is 22.7 Å². The lowest BCUT2D eigenvalue weighted by molar-refractivity contribution is 0.0809. The quantitative estimate of drug-likeness (QED) is 0.653. The van der Waals surface area contributed by atoms with Gasteiger partial charge in [0.1, 0.15) is 0 Å². The Labute approximate surface area is 179 Å². The molecule has 0 atom stereocenters. The predicted molar refractivity (Wildman–Crippen MR) is 117 cm³/mol. The van der Waals surface area contributed by atoms with E-state index in [0.29, 0.717) is 35.3 Å². The molecule has 156 valence electrons. The van der Waals surface area contributed by atoms with E-state index in [1.807, 2.05) is 45.9 Å². The van der Waals surface area contributed by atoms with Crippen molar-refractivity contribution in [3.63, 3.8) is 0 Å². The van der Waals surface area contributed by atoms with Crippen LogP contribution < -0.4 is 0 Å². The van der Waals surface area contributed by atoms with Crippen LogP contribution in [0.15, 0.2) is 36.4 Å². The lowest BCUT2D eigenvalue weighted by atomic mass is 10.0. The molecule has 0 spiro atoms. The van der Waals surface area contributed by atoms with Crippen molar-refractivity contribution in [2.24, 2.45) is 0 Å². The van der Waals surface area contributed by atoms with E-state index in [0.717, 1.165) is 11.1 Å². The topological polar surface area (TPSA) is 88.2 Å². The van der Waals surface area contributed by atoms with Crippen LogP contribution in [0.5, 0.6) is 0 Å². The molecule has 0 aliphatic carbocycles. The summed E-state index contributed by atoms with van der Waals surface area (Å²) >= 11 is 0. The van der Waals surface area contributed by atoms with Gasteiger partial charge in [-0.2, -0.15) is 10.5 Å².